The van der Waals surface area contributed by atoms with Crippen LogP contribution >= 0.6 is 12.4 Å². The summed E-state index contributed by atoms with van der Waals surface area (Å²) in [5, 5.41) is 3.56. The molecule has 1 saturated carbocycles. The van der Waals surface area contributed by atoms with Gasteiger partial charge in [-0.1, -0.05) is 12.5 Å². The Labute approximate surface area is 110 Å². The number of pyridine rings is 1. The number of nitrogens with zero attached hydrogens (tertiary/aromatic N) is 1. The Morgan fingerprint density at radius 2 is 2.18 bits per heavy atom. The third-order valence-electron chi connectivity index (χ3n) is 4.34. The van der Waals surface area contributed by atoms with Crippen molar-refractivity contribution in [2.45, 2.75) is 25.7 Å². The highest BCUT2D eigenvalue weighted by Crippen LogP contribution is 2.38. The Morgan fingerprint density at radius 3 is 3.00 bits per heavy atom. The van der Waals surface area contributed by atoms with Gasteiger partial charge in [-0.2, -0.15) is 0 Å². The monoisotopic (exact) mass is 252 g/mol. The zero-order chi connectivity index (χ0) is 10.8. The minimum atomic E-state index is 0. The fourth-order valence-corrected chi connectivity index (χ4v) is 3.52. The summed E-state index contributed by atoms with van der Waals surface area (Å²) >= 11 is 0. The van der Waals surface area contributed by atoms with Crippen LogP contribution in [0.4, 0.5) is 0 Å². The van der Waals surface area contributed by atoms with Gasteiger partial charge in [0.2, 0.25) is 0 Å². The van der Waals surface area contributed by atoms with Gasteiger partial charge in [0, 0.05) is 11.9 Å². The standard InChI is InChI=1S/C14H20N2.ClH/c1-2-7-16-13(6-1)8-11-4-3-5-12-9-15-10-14(11)12;/h1-2,6-7,11-12,14-15H,3-5,8-10H2;1H/t11-,12-,14-;/m1./s1. The van der Waals surface area contributed by atoms with Crippen molar-refractivity contribution in [3.8, 4) is 0 Å². The van der Waals surface area contributed by atoms with E-state index in [1.54, 1.807) is 0 Å². The molecule has 0 radical (unpaired) electrons. The second kappa shape index (κ2) is 5.83. The zero-order valence-corrected chi connectivity index (χ0v) is 11.0. The van der Waals surface area contributed by atoms with Gasteiger partial charge in [-0.05, 0) is 62.2 Å². The number of hydrogen-bond donors (Lipinski definition) is 1. The Hall–Kier alpha value is -0.600. The van der Waals surface area contributed by atoms with Gasteiger partial charge in [0.15, 0.2) is 0 Å². The fourth-order valence-electron chi connectivity index (χ4n) is 3.52. The molecule has 1 saturated heterocycles. The van der Waals surface area contributed by atoms with Crippen LogP contribution in [0.15, 0.2) is 24.4 Å². The molecule has 2 nitrogen and oxygen atoms in total. The fraction of sp³-hybridized carbons (Fsp3) is 0.643. The summed E-state index contributed by atoms with van der Waals surface area (Å²) in [4.78, 5) is 4.47. The highest BCUT2D eigenvalue weighted by Gasteiger charge is 2.36. The van der Waals surface area contributed by atoms with Crippen LogP contribution in [0.3, 0.4) is 0 Å². The van der Waals surface area contributed by atoms with Crippen LogP contribution in [0.25, 0.3) is 0 Å². The van der Waals surface area contributed by atoms with Gasteiger partial charge in [0.1, 0.15) is 0 Å². The van der Waals surface area contributed by atoms with Crippen molar-refractivity contribution in [2.24, 2.45) is 17.8 Å². The summed E-state index contributed by atoms with van der Waals surface area (Å²) in [7, 11) is 0. The average Bonchev–Trinajstić information content (AvgIpc) is 2.80. The van der Waals surface area contributed by atoms with Crippen LogP contribution in [0.1, 0.15) is 25.0 Å². The van der Waals surface area contributed by atoms with Gasteiger partial charge in [-0.25, -0.2) is 0 Å². The van der Waals surface area contributed by atoms with E-state index in [1.807, 2.05) is 12.3 Å². The molecule has 2 heterocycles. The first-order chi connectivity index (χ1) is 7.93. The Kier molecular flexibility index (Phi) is 4.41. The lowest BCUT2D eigenvalue weighted by molar-refractivity contribution is 0.197. The van der Waals surface area contributed by atoms with Crippen LogP contribution in [-0.2, 0) is 6.42 Å². The topological polar surface area (TPSA) is 24.9 Å². The Morgan fingerprint density at radius 1 is 1.24 bits per heavy atom. The van der Waals surface area contributed by atoms with E-state index >= 15 is 0 Å². The first-order valence-electron chi connectivity index (χ1n) is 6.54. The molecule has 3 heteroatoms. The number of nitrogens with one attached hydrogen (secondary N) is 1. The summed E-state index contributed by atoms with van der Waals surface area (Å²) in [5.41, 5.74) is 1.28. The molecule has 3 rings (SSSR count). The molecule has 2 fully saturated rings. The quantitative estimate of drug-likeness (QED) is 0.876. The summed E-state index contributed by atoms with van der Waals surface area (Å²) in [5.74, 6) is 2.72. The molecule has 3 atom stereocenters. The Bertz CT molecular complexity index is 341. The smallest absolute Gasteiger partial charge is 0.0406 e. The van der Waals surface area contributed by atoms with E-state index in [-0.39, 0.29) is 12.4 Å². The molecule has 1 aromatic heterocycles. The second-order valence-corrected chi connectivity index (χ2v) is 5.30. The maximum absolute atomic E-state index is 4.47. The minimum Gasteiger partial charge on any atom is -0.316 e. The zero-order valence-electron chi connectivity index (χ0n) is 10.1. The molecular weight excluding hydrogens is 232 g/mol. The van der Waals surface area contributed by atoms with Crippen LogP contribution < -0.4 is 5.32 Å². The predicted molar refractivity (Wildman–Crippen MR) is 72.4 cm³/mol. The van der Waals surface area contributed by atoms with E-state index in [1.165, 1.54) is 44.5 Å². The van der Waals surface area contributed by atoms with E-state index in [9.17, 15) is 0 Å². The van der Waals surface area contributed by atoms with Crippen LogP contribution in [0.5, 0.6) is 0 Å². The number of rotatable bonds is 2. The van der Waals surface area contributed by atoms with Crippen molar-refractivity contribution in [3.63, 3.8) is 0 Å². The van der Waals surface area contributed by atoms with E-state index in [2.05, 4.69) is 22.4 Å². The van der Waals surface area contributed by atoms with Crippen molar-refractivity contribution >= 4 is 12.4 Å². The van der Waals surface area contributed by atoms with Gasteiger partial charge in [-0.15, -0.1) is 12.4 Å². The van der Waals surface area contributed by atoms with E-state index in [0.29, 0.717) is 0 Å². The Balaban J connectivity index is 0.00000108. The molecular formula is C14H21ClN2. The summed E-state index contributed by atoms with van der Waals surface area (Å²) in [6, 6.07) is 6.28. The molecule has 94 valence electrons. The predicted octanol–water partition coefficient (Wildman–Crippen LogP) is 2.68. The SMILES string of the molecule is Cl.c1ccc(C[C@H]2CCC[C@@H]3CNC[C@@H]32)nc1. The molecule has 1 aliphatic heterocycles. The van der Waals surface area contributed by atoms with Gasteiger partial charge in [0.25, 0.3) is 0 Å². The molecule has 17 heavy (non-hydrogen) atoms. The molecule has 0 spiro atoms. The summed E-state index contributed by atoms with van der Waals surface area (Å²) < 4.78 is 0. The van der Waals surface area contributed by atoms with E-state index < -0.39 is 0 Å². The molecule has 1 aliphatic carbocycles. The number of aromatic nitrogens is 1. The third kappa shape index (κ3) is 2.80. The van der Waals surface area contributed by atoms with Crippen LogP contribution in [-0.4, -0.2) is 18.1 Å². The molecule has 1 N–H and O–H groups in total. The molecule has 0 bridgehead atoms. The first-order valence-corrected chi connectivity index (χ1v) is 6.54. The summed E-state index contributed by atoms with van der Waals surface area (Å²) in [6.45, 7) is 2.49. The average molecular weight is 253 g/mol. The van der Waals surface area contributed by atoms with Crippen LogP contribution in [0.2, 0.25) is 0 Å². The summed E-state index contributed by atoms with van der Waals surface area (Å²) in [6.07, 6.45) is 7.36. The minimum absolute atomic E-state index is 0. The van der Waals surface area contributed by atoms with Gasteiger partial charge < -0.3 is 5.32 Å². The first kappa shape index (κ1) is 12.8. The van der Waals surface area contributed by atoms with Crippen molar-refractivity contribution < 1.29 is 0 Å². The lowest BCUT2D eigenvalue weighted by atomic mass is 9.72. The van der Waals surface area contributed by atoms with Crippen molar-refractivity contribution in [3.05, 3.63) is 30.1 Å². The van der Waals surface area contributed by atoms with E-state index in [0.717, 1.165) is 17.8 Å². The van der Waals surface area contributed by atoms with Gasteiger partial charge in [0.05, 0.1) is 0 Å². The van der Waals surface area contributed by atoms with Crippen molar-refractivity contribution in [1.82, 2.24) is 10.3 Å². The van der Waals surface area contributed by atoms with Gasteiger partial charge in [-0.3, -0.25) is 4.98 Å². The van der Waals surface area contributed by atoms with E-state index in [4.69, 9.17) is 0 Å². The normalized spacial score (nSPS) is 31.6. The molecule has 0 aromatic carbocycles. The van der Waals surface area contributed by atoms with Crippen molar-refractivity contribution in [2.75, 3.05) is 13.1 Å². The van der Waals surface area contributed by atoms with Gasteiger partial charge >= 0.3 is 0 Å². The molecule has 2 aliphatic rings. The van der Waals surface area contributed by atoms with Crippen LogP contribution in [0, 0.1) is 17.8 Å². The maximum Gasteiger partial charge on any atom is 0.0406 e. The highest BCUT2D eigenvalue weighted by molar-refractivity contribution is 5.85. The number of fused-ring (bicyclic) bond motifs is 1. The highest BCUT2D eigenvalue weighted by atomic mass is 35.5. The lowest BCUT2D eigenvalue weighted by Crippen LogP contribution is -2.28. The largest absolute Gasteiger partial charge is 0.316 e. The second-order valence-electron chi connectivity index (χ2n) is 5.30. The van der Waals surface area contributed by atoms with Crippen molar-refractivity contribution in [1.29, 1.82) is 0 Å². The molecule has 0 unspecified atom stereocenters. The lowest BCUT2D eigenvalue weighted by Gasteiger charge is -2.32. The maximum atomic E-state index is 4.47. The number of halogens is 1. The molecule has 0 amide bonds. The molecule has 1 aromatic rings. The number of hydrogen-bond acceptors (Lipinski definition) is 2. The third-order valence-corrected chi connectivity index (χ3v) is 4.34.